The second-order valence-electron chi connectivity index (χ2n) is 7.21. The fraction of sp³-hybridized carbons (Fsp3) is 0.450. The van der Waals surface area contributed by atoms with Gasteiger partial charge in [-0.25, -0.2) is 4.39 Å². The van der Waals surface area contributed by atoms with E-state index >= 15 is 0 Å². The SMILES string of the molecule is COc1ccc(CNC2CCCCNC2=O)cc1F.Cc1cc(S(=O)(=O)O)c(C(F)(F)F)o1. The van der Waals surface area contributed by atoms with Crippen LogP contribution in [0.5, 0.6) is 5.75 Å². The number of hydrogen-bond acceptors (Lipinski definition) is 6. The Labute approximate surface area is 188 Å². The highest BCUT2D eigenvalue weighted by atomic mass is 32.2. The number of alkyl halides is 3. The minimum Gasteiger partial charge on any atom is -0.494 e. The van der Waals surface area contributed by atoms with Gasteiger partial charge in [-0.15, -0.1) is 0 Å². The van der Waals surface area contributed by atoms with Gasteiger partial charge in [-0.05, 0) is 43.9 Å². The molecule has 0 spiro atoms. The van der Waals surface area contributed by atoms with Crippen molar-refractivity contribution >= 4 is 16.0 Å². The molecule has 1 aliphatic rings. The Morgan fingerprint density at radius 2 is 1.97 bits per heavy atom. The lowest BCUT2D eigenvalue weighted by Gasteiger charge is -2.15. The van der Waals surface area contributed by atoms with Crippen LogP contribution in [0.2, 0.25) is 0 Å². The molecule has 8 nitrogen and oxygen atoms in total. The average Bonchev–Trinajstić information content (AvgIpc) is 3.02. The van der Waals surface area contributed by atoms with Crippen molar-refractivity contribution in [1.29, 1.82) is 0 Å². The summed E-state index contributed by atoms with van der Waals surface area (Å²) in [4.78, 5) is 10.5. The predicted molar refractivity (Wildman–Crippen MR) is 109 cm³/mol. The van der Waals surface area contributed by atoms with Crippen molar-refractivity contribution in [1.82, 2.24) is 10.6 Å². The molecule has 1 saturated heterocycles. The molecule has 0 bridgehead atoms. The number of hydrogen-bond donors (Lipinski definition) is 3. The van der Waals surface area contributed by atoms with Crippen LogP contribution in [0.1, 0.15) is 36.3 Å². The minimum absolute atomic E-state index is 0.0338. The maximum atomic E-state index is 13.5. The summed E-state index contributed by atoms with van der Waals surface area (Å²) < 4.78 is 88.4. The molecule has 1 aromatic carbocycles. The molecular formula is C20H24F4N2O6S. The summed E-state index contributed by atoms with van der Waals surface area (Å²) in [5.74, 6) is -2.07. The number of rotatable bonds is 5. The number of carbonyl (C=O) groups is 1. The van der Waals surface area contributed by atoms with Gasteiger partial charge in [-0.2, -0.15) is 21.6 Å². The lowest BCUT2D eigenvalue weighted by molar-refractivity contribution is -0.156. The first kappa shape index (κ1) is 26.6. The van der Waals surface area contributed by atoms with Gasteiger partial charge in [0.1, 0.15) is 10.7 Å². The zero-order chi connectivity index (χ0) is 24.8. The van der Waals surface area contributed by atoms with Gasteiger partial charge >= 0.3 is 6.18 Å². The van der Waals surface area contributed by atoms with Crippen LogP contribution in [0.3, 0.4) is 0 Å². The lowest BCUT2D eigenvalue weighted by Crippen LogP contribution is -2.42. The molecule has 3 rings (SSSR count). The number of aryl methyl sites for hydroxylation is 1. The number of carbonyl (C=O) groups excluding carboxylic acids is 1. The van der Waals surface area contributed by atoms with Gasteiger partial charge in [0.15, 0.2) is 11.6 Å². The van der Waals surface area contributed by atoms with Gasteiger partial charge in [0.25, 0.3) is 10.1 Å². The Balaban J connectivity index is 0.000000245. The second-order valence-corrected chi connectivity index (χ2v) is 8.60. The maximum absolute atomic E-state index is 13.5. The van der Waals surface area contributed by atoms with Crippen LogP contribution in [0.15, 0.2) is 33.6 Å². The van der Waals surface area contributed by atoms with E-state index in [-0.39, 0.29) is 29.3 Å². The number of amides is 1. The Hall–Kier alpha value is -2.64. The number of halogens is 4. The summed E-state index contributed by atoms with van der Waals surface area (Å²) in [6.07, 6.45) is -2.08. The van der Waals surface area contributed by atoms with Crippen LogP contribution in [-0.4, -0.2) is 38.6 Å². The number of methoxy groups -OCH3 is 1. The third-order valence-electron chi connectivity index (χ3n) is 4.66. The zero-order valence-electron chi connectivity index (χ0n) is 17.8. The highest BCUT2D eigenvalue weighted by molar-refractivity contribution is 7.85. The molecule has 0 aliphatic carbocycles. The van der Waals surface area contributed by atoms with Crippen molar-refractivity contribution in [2.24, 2.45) is 0 Å². The lowest BCUT2D eigenvalue weighted by atomic mass is 10.1. The van der Waals surface area contributed by atoms with E-state index in [4.69, 9.17) is 9.29 Å². The van der Waals surface area contributed by atoms with E-state index in [0.717, 1.165) is 38.3 Å². The van der Waals surface area contributed by atoms with Gasteiger partial charge in [-0.1, -0.05) is 6.07 Å². The molecule has 0 radical (unpaired) electrons. The predicted octanol–water partition coefficient (Wildman–Crippen LogP) is 3.45. The van der Waals surface area contributed by atoms with Crippen molar-refractivity contribution in [3.63, 3.8) is 0 Å². The van der Waals surface area contributed by atoms with Crippen molar-refractivity contribution in [2.45, 2.75) is 49.8 Å². The first-order valence-corrected chi connectivity index (χ1v) is 11.3. The van der Waals surface area contributed by atoms with E-state index in [1.807, 2.05) is 0 Å². The molecule has 1 unspecified atom stereocenters. The van der Waals surface area contributed by atoms with Crippen LogP contribution in [0.4, 0.5) is 17.6 Å². The van der Waals surface area contributed by atoms with E-state index in [9.17, 15) is 30.8 Å². The van der Waals surface area contributed by atoms with E-state index in [1.165, 1.54) is 13.2 Å². The molecule has 1 aliphatic heterocycles. The summed E-state index contributed by atoms with van der Waals surface area (Å²) in [5.41, 5.74) is 0.801. The smallest absolute Gasteiger partial charge is 0.450 e. The topological polar surface area (TPSA) is 118 Å². The number of ether oxygens (including phenoxy) is 1. The highest BCUT2D eigenvalue weighted by Gasteiger charge is 2.41. The number of nitrogens with one attached hydrogen (secondary N) is 2. The molecule has 1 fully saturated rings. The molecule has 1 amide bonds. The van der Waals surface area contributed by atoms with Crippen LogP contribution >= 0.6 is 0 Å². The molecule has 2 aromatic rings. The Morgan fingerprint density at radius 1 is 1.27 bits per heavy atom. The molecule has 1 aromatic heterocycles. The summed E-state index contributed by atoms with van der Waals surface area (Å²) >= 11 is 0. The third kappa shape index (κ3) is 7.72. The van der Waals surface area contributed by atoms with Gasteiger partial charge < -0.3 is 19.8 Å². The largest absolute Gasteiger partial charge is 0.494 e. The van der Waals surface area contributed by atoms with Gasteiger partial charge in [-0.3, -0.25) is 9.35 Å². The Morgan fingerprint density at radius 3 is 2.52 bits per heavy atom. The Bertz CT molecular complexity index is 1070. The fourth-order valence-electron chi connectivity index (χ4n) is 3.08. The molecule has 2 heterocycles. The summed E-state index contributed by atoms with van der Waals surface area (Å²) in [6, 6.07) is 5.24. The van der Waals surface area contributed by atoms with Gasteiger partial charge in [0.05, 0.1) is 13.2 Å². The van der Waals surface area contributed by atoms with E-state index in [1.54, 1.807) is 12.1 Å². The summed E-state index contributed by atoms with van der Waals surface area (Å²) in [7, 11) is -3.47. The quantitative estimate of drug-likeness (QED) is 0.429. The first-order valence-electron chi connectivity index (χ1n) is 9.81. The summed E-state index contributed by atoms with van der Waals surface area (Å²) in [6.45, 7) is 2.36. The van der Waals surface area contributed by atoms with Crippen LogP contribution < -0.4 is 15.4 Å². The Kier molecular flexibility index (Phi) is 8.86. The van der Waals surface area contributed by atoms with E-state index in [0.29, 0.717) is 12.6 Å². The number of benzene rings is 1. The zero-order valence-corrected chi connectivity index (χ0v) is 18.6. The van der Waals surface area contributed by atoms with Crippen molar-refractivity contribution < 1.29 is 44.5 Å². The molecule has 1 atom stereocenters. The van der Waals surface area contributed by atoms with Crippen LogP contribution in [0.25, 0.3) is 0 Å². The molecule has 33 heavy (non-hydrogen) atoms. The first-order chi connectivity index (χ1) is 15.3. The molecule has 13 heteroatoms. The average molecular weight is 496 g/mol. The number of furan rings is 1. The molecular weight excluding hydrogens is 472 g/mol. The maximum Gasteiger partial charge on any atom is 0.450 e. The highest BCUT2D eigenvalue weighted by Crippen LogP contribution is 2.36. The van der Waals surface area contributed by atoms with E-state index < -0.39 is 27.0 Å². The van der Waals surface area contributed by atoms with Crippen LogP contribution in [-0.2, 0) is 27.6 Å². The monoisotopic (exact) mass is 496 g/mol. The van der Waals surface area contributed by atoms with Crippen molar-refractivity contribution in [3.8, 4) is 5.75 Å². The molecule has 3 N–H and O–H groups in total. The van der Waals surface area contributed by atoms with Crippen molar-refractivity contribution in [2.75, 3.05) is 13.7 Å². The molecule has 184 valence electrons. The van der Waals surface area contributed by atoms with Gasteiger partial charge in [0.2, 0.25) is 11.7 Å². The summed E-state index contributed by atoms with van der Waals surface area (Å²) in [5, 5.41) is 6.04. The second kappa shape index (κ2) is 11.0. The fourth-order valence-corrected chi connectivity index (χ4v) is 3.78. The molecule has 0 saturated carbocycles. The third-order valence-corrected chi connectivity index (χ3v) is 5.52. The standard InChI is InChI=1S/C14H19FN2O2.C6H5F3O4S/c1-19-13-6-5-10(8-11(13)15)9-17-12-4-2-3-7-16-14(12)18;1-3-2-4(14(10,11)12)5(13-3)6(7,8)9/h5-6,8,12,17H,2-4,7,9H2,1H3,(H,16,18);2H,1H3,(H,10,11,12). The van der Waals surface area contributed by atoms with Crippen molar-refractivity contribution in [3.05, 3.63) is 47.2 Å². The normalized spacial score (nSPS) is 16.9. The van der Waals surface area contributed by atoms with Gasteiger partial charge in [0, 0.05) is 19.2 Å². The van der Waals surface area contributed by atoms with E-state index in [2.05, 4.69) is 15.1 Å². The van der Waals surface area contributed by atoms with Crippen LogP contribution in [0, 0.1) is 12.7 Å². The minimum atomic E-state index is -4.95.